The summed E-state index contributed by atoms with van der Waals surface area (Å²) in [7, 11) is -3.66. The number of hydrogen-bond donors (Lipinski definition) is 1. The van der Waals surface area contributed by atoms with Gasteiger partial charge in [-0.1, -0.05) is 0 Å². The molecule has 0 aliphatic rings. The molecule has 0 aromatic heterocycles. The zero-order chi connectivity index (χ0) is 9.19. The second kappa shape index (κ2) is 3.47. The topological polar surface area (TPSA) is 77.2 Å². The van der Waals surface area contributed by atoms with Crippen LogP contribution in [-0.4, -0.2) is 24.1 Å². The van der Waals surface area contributed by atoms with Crippen molar-refractivity contribution >= 4 is 30.1 Å². The Hall–Kier alpha value is -0.512. The third-order valence-electron chi connectivity index (χ3n) is 1.25. The summed E-state index contributed by atoms with van der Waals surface area (Å²) in [6, 6.07) is 5.81. The van der Waals surface area contributed by atoms with Gasteiger partial charge in [0.2, 0.25) is 0 Å². The maximum atomic E-state index is 10.8. The van der Waals surface area contributed by atoms with Crippen molar-refractivity contribution in [1.29, 1.82) is 0 Å². The van der Waals surface area contributed by atoms with Gasteiger partial charge in [0.05, 0.1) is 0 Å². The summed E-state index contributed by atoms with van der Waals surface area (Å²) in [6.45, 7) is 0. The van der Waals surface area contributed by atoms with Crippen LogP contribution < -0.4 is 9.49 Å². The van der Waals surface area contributed by atoms with Gasteiger partial charge in [-0.2, -0.15) is 0 Å². The molecule has 2 N–H and O–H groups in total. The fourth-order valence-electron chi connectivity index (χ4n) is 0.717. The van der Waals surface area contributed by atoms with E-state index < -0.39 is 25.7 Å². The molecule has 0 radical (unpaired) electrons. The van der Waals surface area contributed by atoms with Crippen LogP contribution in [0.15, 0.2) is 29.2 Å². The molecule has 0 atom stereocenters. The molecule has 0 saturated heterocycles. The molecule has 1 aromatic carbocycles. The summed E-state index contributed by atoms with van der Waals surface area (Å²) >= 11 is -1.20. The van der Waals surface area contributed by atoms with Crippen LogP contribution in [0.1, 0.15) is 0 Å². The van der Waals surface area contributed by atoms with E-state index in [0.29, 0.717) is 4.35 Å². The van der Waals surface area contributed by atoms with Crippen LogP contribution in [-0.2, 0) is 13.8 Å². The zero-order valence-corrected chi connectivity index (χ0v) is 8.66. The first kappa shape index (κ1) is 9.58. The summed E-state index contributed by atoms with van der Waals surface area (Å²) in [6.07, 6.45) is 0. The predicted molar refractivity (Wildman–Crippen MR) is 43.9 cm³/mol. The first-order chi connectivity index (χ1) is 5.54. The van der Waals surface area contributed by atoms with Crippen LogP contribution in [0.4, 0.5) is 0 Å². The zero-order valence-electron chi connectivity index (χ0n) is 5.97. The first-order valence-corrected chi connectivity index (χ1v) is 6.25. The van der Waals surface area contributed by atoms with E-state index in [2.05, 4.69) is 0 Å². The number of benzene rings is 1. The molecule has 12 heavy (non-hydrogen) atoms. The van der Waals surface area contributed by atoms with Gasteiger partial charge in [0, 0.05) is 0 Å². The molecule has 0 amide bonds. The van der Waals surface area contributed by atoms with Crippen LogP contribution in [0.3, 0.4) is 0 Å². The molecule has 0 spiro atoms. The van der Waals surface area contributed by atoms with Crippen LogP contribution in [0.2, 0.25) is 0 Å². The number of sulfonamides is 1. The van der Waals surface area contributed by atoms with E-state index in [4.69, 9.17) is 5.14 Å². The van der Waals surface area contributed by atoms with Gasteiger partial charge in [0.15, 0.2) is 0 Å². The predicted octanol–water partition coefficient (Wildman–Crippen LogP) is -0.991. The minimum atomic E-state index is -3.66. The van der Waals surface area contributed by atoms with Gasteiger partial charge in [-0.15, -0.1) is 0 Å². The van der Waals surface area contributed by atoms with Crippen molar-refractivity contribution in [3.8, 4) is 0 Å². The minimum absolute atomic E-state index is 0.00571. The average Bonchev–Trinajstić information content (AvgIpc) is 2.03. The van der Waals surface area contributed by atoms with Gasteiger partial charge in [-0.05, 0) is 0 Å². The molecule has 4 nitrogen and oxygen atoms in total. The summed E-state index contributed by atoms with van der Waals surface area (Å²) in [4.78, 5) is 0.00571. The molecule has 0 heterocycles. The van der Waals surface area contributed by atoms with E-state index in [9.17, 15) is 12.2 Å². The standard InChI is InChI=1S/C6H6AsNO3S/c8-12(10,11)6-3-1-2-5(4-6)7-9/h1-4H,(H2,8,10,11). The fraction of sp³-hybridized carbons (Fsp3) is 0. The Balaban J connectivity index is 3.29. The van der Waals surface area contributed by atoms with E-state index >= 15 is 0 Å². The molecule has 0 fully saturated rings. The van der Waals surface area contributed by atoms with Crippen LogP contribution in [0.25, 0.3) is 0 Å². The Morgan fingerprint density at radius 2 is 2.00 bits per heavy atom. The van der Waals surface area contributed by atoms with Crippen molar-refractivity contribution in [3.05, 3.63) is 24.3 Å². The first-order valence-electron chi connectivity index (χ1n) is 3.00. The van der Waals surface area contributed by atoms with Crippen molar-refractivity contribution in [2.45, 2.75) is 4.90 Å². The van der Waals surface area contributed by atoms with Crippen molar-refractivity contribution in [3.63, 3.8) is 0 Å². The number of rotatable bonds is 2. The van der Waals surface area contributed by atoms with E-state index in [1.807, 2.05) is 0 Å². The molecule has 0 bridgehead atoms. The maximum absolute atomic E-state index is 10.8. The van der Waals surface area contributed by atoms with E-state index in [-0.39, 0.29) is 4.90 Å². The average molecular weight is 247 g/mol. The summed E-state index contributed by atoms with van der Waals surface area (Å²) in [5.41, 5.74) is 0. The van der Waals surface area contributed by atoms with E-state index in [0.717, 1.165) is 0 Å². The van der Waals surface area contributed by atoms with Gasteiger partial charge in [0.1, 0.15) is 0 Å². The van der Waals surface area contributed by atoms with E-state index in [1.165, 1.54) is 18.2 Å². The molecule has 0 aliphatic heterocycles. The summed E-state index contributed by atoms with van der Waals surface area (Å²) in [5, 5.41) is 4.86. The fourth-order valence-corrected chi connectivity index (χ4v) is 2.18. The Morgan fingerprint density at radius 1 is 1.33 bits per heavy atom. The van der Waals surface area contributed by atoms with Gasteiger partial charge >= 0.3 is 76.5 Å². The second-order valence-electron chi connectivity index (χ2n) is 2.13. The molecule has 64 valence electrons. The second-order valence-corrected chi connectivity index (χ2v) is 5.16. The van der Waals surface area contributed by atoms with Crippen LogP contribution in [0.5, 0.6) is 0 Å². The van der Waals surface area contributed by atoms with Gasteiger partial charge < -0.3 is 0 Å². The van der Waals surface area contributed by atoms with Crippen LogP contribution >= 0.6 is 0 Å². The molecular weight excluding hydrogens is 241 g/mol. The molecule has 0 aliphatic carbocycles. The molecular formula is C6H6AsNO3S. The normalized spacial score (nSPS) is 11.8. The Bertz CT molecular complexity index is 401. The Morgan fingerprint density at radius 3 is 2.50 bits per heavy atom. The third kappa shape index (κ3) is 2.24. The van der Waals surface area contributed by atoms with Crippen molar-refractivity contribution in [2.24, 2.45) is 5.14 Å². The molecule has 0 saturated carbocycles. The van der Waals surface area contributed by atoms with Crippen molar-refractivity contribution < 1.29 is 12.2 Å². The number of nitrogens with two attached hydrogens (primary N) is 1. The number of hydrogen-bond acceptors (Lipinski definition) is 3. The number of primary sulfonamides is 1. The van der Waals surface area contributed by atoms with E-state index in [1.54, 1.807) is 6.07 Å². The van der Waals surface area contributed by atoms with Gasteiger partial charge in [-0.25, -0.2) is 0 Å². The SMILES string of the molecule is NS(=O)(=O)c1cccc([As]=O)c1. The molecule has 6 heteroatoms. The summed E-state index contributed by atoms with van der Waals surface area (Å²) < 4.78 is 32.6. The van der Waals surface area contributed by atoms with Crippen molar-refractivity contribution in [2.75, 3.05) is 0 Å². The third-order valence-corrected chi connectivity index (χ3v) is 3.19. The van der Waals surface area contributed by atoms with Crippen LogP contribution in [0, 0.1) is 0 Å². The van der Waals surface area contributed by atoms with Gasteiger partial charge in [-0.3, -0.25) is 0 Å². The molecule has 1 rings (SSSR count). The Kier molecular flexibility index (Phi) is 2.77. The summed E-state index contributed by atoms with van der Waals surface area (Å²) in [5.74, 6) is 0. The monoisotopic (exact) mass is 247 g/mol. The molecule has 1 aromatic rings. The quantitative estimate of drug-likeness (QED) is 0.681. The Labute approximate surface area is 76.7 Å². The van der Waals surface area contributed by atoms with Crippen molar-refractivity contribution in [1.82, 2.24) is 0 Å². The molecule has 0 unspecified atom stereocenters. The van der Waals surface area contributed by atoms with Gasteiger partial charge in [0.25, 0.3) is 0 Å².